The molecule has 0 aromatic carbocycles. The lowest BCUT2D eigenvalue weighted by atomic mass is 9.85. The molecule has 22 heavy (non-hydrogen) atoms. The maximum atomic E-state index is 4.42. The van der Waals surface area contributed by atoms with E-state index >= 15 is 0 Å². The fraction of sp³-hybridized carbons (Fsp3) is 0.571. The van der Waals surface area contributed by atoms with Crippen LogP contribution >= 0.6 is 23.1 Å². The molecule has 0 saturated carbocycles. The maximum Gasteiger partial charge on any atom is 0.249 e. The van der Waals surface area contributed by atoms with Crippen molar-refractivity contribution >= 4 is 29.0 Å². The van der Waals surface area contributed by atoms with Gasteiger partial charge < -0.3 is 0 Å². The van der Waals surface area contributed by atoms with Gasteiger partial charge in [0.1, 0.15) is 11.2 Å². The van der Waals surface area contributed by atoms with Crippen LogP contribution in [0.1, 0.15) is 47.9 Å². The number of thioether (sulfide) groups is 1. The number of hydrogen-bond donors (Lipinski definition) is 2. The number of fused-ring (bicyclic) bond motifs is 8. The van der Waals surface area contributed by atoms with Crippen molar-refractivity contribution in [1.82, 2.24) is 25.5 Å². The Balaban J connectivity index is 1.82. The molecule has 3 aliphatic rings. The Hall–Kier alpha value is -1.09. The van der Waals surface area contributed by atoms with E-state index in [9.17, 15) is 0 Å². The SMILES string of the molecule is CSc1nnc2n1-c1sc3c(c1C1NCNN21)C(C)CCC3. The van der Waals surface area contributed by atoms with Crippen molar-refractivity contribution in [1.29, 1.82) is 0 Å². The molecule has 2 aromatic heterocycles. The number of hydrogen-bond acceptors (Lipinski definition) is 7. The van der Waals surface area contributed by atoms with Crippen LogP contribution < -0.4 is 15.8 Å². The molecule has 2 aromatic rings. The number of hydrazine groups is 1. The van der Waals surface area contributed by atoms with Gasteiger partial charge in [-0.1, -0.05) is 18.7 Å². The van der Waals surface area contributed by atoms with Crippen LogP contribution in [0.15, 0.2) is 5.16 Å². The first kappa shape index (κ1) is 13.4. The molecule has 1 saturated heterocycles. The highest BCUT2D eigenvalue weighted by atomic mass is 32.2. The summed E-state index contributed by atoms with van der Waals surface area (Å²) in [5, 5.41) is 16.8. The van der Waals surface area contributed by atoms with Crippen molar-refractivity contribution < 1.29 is 0 Å². The number of thiophene rings is 1. The molecule has 2 unspecified atom stereocenters. The summed E-state index contributed by atoms with van der Waals surface area (Å²) in [5.74, 6) is 1.54. The van der Waals surface area contributed by atoms with Crippen molar-refractivity contribution in [2.75, 3.05) is 17.9 Å². The van der Waals surface area contributed by atoms with E-state index in [0.717, 1.165) is 17.8 Å². The van der Waals surface area contributed by atoms with Crippen LogP contribution in [0.3, 0.4) is 0 Å². The van der Waals surface area contributed by atoms with Crippen LogP contribution in [-0.2, 0) is 6.42 Å². The van der Waals surface area contributed by atoms with Gasteiger partial charge >= 0.3 is 0 Å². The summed E-state index contributed by atoms with van der Waals surface area (Å²) in [6.07, 6.45) is 6.05. The number of nitrogens with one attached hydrogen (secondary N) is 2. The number of nitrogens with zero attached hydrogens (tertiary/aromatic N) is 4. The third kappa shape index (κ3) is 1.58. The fourth-order valence-electron chi connectivity index (χ4n) is 3.92. The first-order valence-electron chi connectivity index (χ1n) is 7.71. The largest absolute Gasteiger partial charge is 0.278 e. The van der Waals surface area contributed by atoms with Gasteiger partial charge in [-0.15, -0.1) is 21.5 Å². The highest BCUT2D eigenvalue weighted by molar-refractivity contribution is 7.98. The van der Waals surface area contributed by atoms with Crippen LogP contribution in [0.2, 0.25) is 0 Å². The summed E-state index contributed by atoms with van der Waals surface area (Å²) >= 11 is 3.60. The van der Waals surface area contributed by atoms with Gasteiger partial charge in [-0.2, -0.15) is 0 Å². The number of aryl methyl sites for hydroxylation is 1. The Morgan fingerprint density at radius 3 is 3.09 bits per heavy atom. The van der Waals surface area contributed by atoms with Crippen molar-refractivity contribution in [2.24, 2.45) is 0 Å². The Morgan fingerprint density at radius 2 is 2.23 bits per heavy atom. The summed E-state index contributed by atoms with van der Waals surface area (Å²) in [4.78, 5) is 1.56. The summed E-state index contributed by atoms with van der Waals surface area (Å²) < 4.78 is 2.23. The molecule has 8 heteroatoms. The minimum absolute atomic E-state index is 0.182. The van der Waals surface area contributed by atoms with E-state index in [1.54, 1.807) is 22.2 Å². The molecule has 2 atom stereocenters. The van der Waals surface area contributed by atoms with E-state index < -0.39 is 0 Å². The predicted molar refractivity (Wildman–Crippen MR) is 88.7 cm³/mol. The second-order valence-corrected chi connectivity index (χ2v) is 7.94. The van der Waals surface area contributed by atoms with Crippen LogP contribution in [0, 0.1) is 0 Å². The zero-order valence-corrected chi connectivity index (χ0v) is 14.2. The van der Waals surface area contributed by atoms with Gasteiger partial charge in [0, 0.05) is 10.4 Å². The standard InChI is InChI=1S/C14H18N6S2/c1-7-4-3-5-8-9(7)10-11-15-6-16-20(11)13-17-18-14(21-2)19(13)12(10)22-8/h7,11,15-16H,3-6H2,1-2H3. The van der Waals surface area contributed by atoms with E-state index in [1.807, 2.05) is 11.3 Å². The van der Waals surface area contributed by atoms with Crippen LogP contribution in [0.4, 0.5) is 5.95 Å². The molecule has 0 bridgehead atoms. The highest BCUT2D eigenvalue weighted by Crippen LogP contribution is 2.50. The molecule has 5 rings (SSSR count). The molecule has 1 aliphatic carbocycles. The Labute approximate surface area is 137 Å². The van der Waals surface area contributed by atoms with Crippen LogP contribution in [0.5, 0.6) is 0 Å². The van der Waals surface area contributed by atoms with Crippen LogP contribution in [-0.4, -0.2) is 27.7 Å². The second-order valence-electron chi connectivity index (χ2n) is 6.08. The first-order chi connectivity index (χ1) is 10.8. The normalized spacial score (nSPS) is 25.6. The molecule has 0 radical (unpaired) electrons. The third-order valence-corrected chi connectivity index (χ3v) is 6.76. The molecule has 2 aliphatic heterocycles. The monoisotopic (exact) mass is 334 g/mol. The van der Waals surface area contributed by atoms with E-state index in [4.69, 9.17) is 0 Å². The van der Waals surface area contributed by atoms with Gasteiger partial charge in [-0.25, -0.2) is 9.99 Å². The van der Waals surface area contributed by atoms with Crippen molar-refractivity contribution in [3.05, 3.63) is 16.0 Å². The van der Waals surface area contributed by atoms with Gasteiger partial charge in [0.25, 0.3) is 0 Å². The lowest BCUT2D eigenvalue weighted by Crippen LogP contribution is -2.39. The Kier molecular flexibility index (Phi) is 2.86. The molecule has 1 fully saturated rings. The number of aromatic nitrogens is 3. The molecular formula is C14H18N6S2. The van der Waals surface area contributed by atoms with Gasteiger partial charge in [-0.05, 0) is 37.0 Å². The van der Waals surface area contributed by atoms with Crippen molar-refractivity contribution in [3.8, 4) is 5.00 Å². The molecule has 6 nitrogen and oxygen atoms in total. The summed E-state index contributed by atoms with van der Waals surface area (Å²) in [5.41, 5.74) is 6.42. The average Bonchev–Trinajstić information content (AvgIpc) is 3.21. The molecular weight excluding hydrogens is 316 g/mol. The molecule has 4 heterocycles. The van der Waals surface area contributed by atoms with E-state index in [-0.39, 0.29) is 6.17 Å². The first-order valence-corrected chi connectivity index (χ1v) is 9.75. The zero-order chi connectivity index (χ0) is 14.8. The maximum absolute atomic E-state index is 4.42. The lowest BCUT2D eigenvalue weighted by molar-refractivity contribution is 0.552. The third-order valence-electron chi connectivity index (χ3n) is 4.87. The predicted octanol–water partition coefficient (Wildman–Crippen LogP) is 2.37. The van der Waals surface area contributed by atoms with Gasteiger partial charge in [0.05, 0.1) is 6.67 Å². The average molecular weight is 334 g/mol. The Morgan fingerprint density at radius 1 is 1.32 bits per heavy atom. The van der Waals surface area contributed by atoms with Gasteiger partial charge in [-0.3, -0.25) is 10.3 Å². The number of anilines is 1. The van der Waals surface area contributed by atoms with Gasteiger partial charge in [0.15, 0.2) is 5.16 Å². The Bertz CT molecular complexity index is 751. The number of rotatable bonds is 1. The summed E-state index contributed by atoms with van der Waals surface area (Å²) in [6.45, 7) is 3.14. The minimum Gasteiger partial charge on any atom is -0.278 e. The highest BCUT2D eigenvalue weighted by Gasteiger charge is 2.42. The molecule has 2 N–H and O–H groups in total. The molecule has 0 spiro atoms. The molecule has 116 valence electrons. The van der Waals surface area contributed by atoms with E-state index in [0.29, 0.717) is 5.92 Å². The smallest absolute Gasteiger partial charge is 0.249 e. The molecule has 0 amide bonds. The van der Waals surface area contributed by atoms with Crippen LogP contribution in [0.25, 0.3) is 5.00 Å². The minimum atomic E-state index is 0.182. The lowest BCUT2D eigenvalue weighted by Gasteiger charge is -2.32. The zero-order valence-electron chi connectivity index (χ0n) is 12.6. The fourth-order valence-corrected chi connectivity index (χ4v) is 5.94. The topological polar surface area (TPSA) is 58.0 Å². The van der Waals surface area contributed by atoms with Crippen molar-refractivity contribution in [2.45, 2.75) is 43.4 Å². The van der Waals surface area contributed by atoms with Gasteiger partial charge in [0.2, 0.25) is 5.95 Å². The van der Waals surface area contributed by atoms with E-state index in [2.05, 4.69) is 43.7 Å². The summed E-state index contributed by atoms with van der Waals surface area (Å²) in [6, 6.07) is 0. The van der Waals surface area contributed by atoms with Crippen molar-refractivity contribution in [3.63, 3.8) is 0 Å². The van der Waals surface area contributed by atoms with E-state index in [1.165, 1.54) is 29.8 Å². The quantitative estimate of drug-likeness (QED) is 0.781. The second kappa shape index (κ2) is 4.70. The summed E-state index contributed by atoms with van der Waals surface area (Å²) in [7, 11) is 0.